The molecule has 1 aliphatic heterocycles. The molecule has 6 N–H and O–H groups in total. The van der Waals surface area contributed by atoms with Gasteiger partial charge in [0.1, 0.15) is 24.4 Å². The Kier molecular flexibility index (Phi) is 46.7. The molecule has 0 aliphatic carbocycles. The number of carbonyl (C=O) groups excluding carboxylic acids is 2. The zero-order valence-corrected chi connectivity index (χ0v) is 45.4. The van der Waals surface area contributed by atoms with Crippen molar-refractivity contribution in [3.05, 3.63) is 48.6 Å². The first kappa shape index (κ1) is 66.6. The first-order valence-corrected chi connectivity index (χ1v) is 29.4. The molecule has 0 bridgehead atoms. The van der Waals surface area contributed by atoms with E-state index in [1.54, 1.807) is 6.08 Å². The Morgan fingerprint density at radius 1 is 0.521 bits per heavy atom. The van der Waals surface area contributed by atoms with E-state index in [1.165, 1.54) is 135 Å². The lowest BCUT2D eigenvalue weighted by Crippen LogP contribution is -2.60. The third-order valence-electron chi connectivity index (χ3n) is 13.7. The van der Waals surface area contributed by atoms with Crippen molar-refractivity contribution in [2.75, 3.05) is 19.8 Å². The van der Waals surface area contributed by atoms with Crippen LogP contribution in [0.3, 0.4) is 0 Å². The molecule has 1 fully saturated rings. The molecular formula is C60H109NO10. The van der Waals surface area contributed by atoms with E-state index in [4.69, 9.17) is 14.2 Å². The van der Waals surface area contributed by atoms with E-state index in [2.05, 4.69) is 55.6 Å². The molecule has 11 heteroatoms. The van der Waals surface area contributed by atoms with Gasteiger partial charge in [0.2, 0.25) is 5.91 Å². The zero-order chi connectivity index (χ0) is 51.7. The maximum atomic E-state index is 13.0. The number of aliphatic hydroxyl groups excluding tert-OH is 5. The summed E-state index contributed by atoms with van der Waals surface area (Å²) in [4.78, 5) is 25.1. The van der Waals surface area contributed by atoms with Crippen LogP contribution < -0.4 is 5.32 Å². The van der Waals surface area contributed by atoms with Gasteiger partial charge in [-0.05, 0) is 96.3 Å². The average Bonchev–Trinajstić information content (AvgIpc) is 3.37. The summed E-state index contributed by atoms with van der Waals surface area (Å²) < 4.78 is 16.7. The van der Waals surface area contributed by atoms with Crippen LogP contribution in [0.2, 0.25) is 0 Å². The van der Waals surface area contributed by atoms with E-state index in [1.807, 2.05) is 6.08 Å². The summed E-state index contributed by atoms with van der Waals surface area (Å²) in [5, 5.41) is 54.4. The third kappa shape index (κ3) is 39.7. The fourth-order valence-corrected chi connectivity index (χ4v) is 8.93. The molecule has 1 heterocycles. The van der Waals surface area contributed by atoms with Gasteiger partial charge in [-0.15, -0.1) is 0 Å². The molecule has 11 nitrogen and oxygen atoms in total. The largest absolute Gasteiger partial charge is 0.466 e. The lowest BCUT2D eigenvalue weighted by atomic mass is 9.99. The van der Waals surface area contributed by atoms with Gasteiger partial charge in [-0.2, -0.15) is 0 Å². The van der Waals surface area contributed by atoms with E-state index in [9.17, 15) is 35.1 Å². The van der Waals surface area contributed by atoms with Gasteiger partial charge in [-0.1, -0.05) is 197 Å². The monoisotopic (exact) mass is 1000 g/mol. The molecule has 1 amide bonds. The summed E-state index contributed by atoms with van der Waals surface area (Å²) in [7, 11) is 0. The van der Waals surface area contributed by atoms with Gasteiger partial charge < -0.3 is 45.1 Å². The molecule has 0 aromatic rings. The smallest absolute Gasteiger partial charge is 0.305 e. The minimum atomic E-state index is -1.58. The number of carbonyl (C=O) groups is 2. The van der Waals surface area contributed by atoms with Crippen molar-refractivity contribution in [1.29, 1.82) is 0 Å². The van der Waals surface area contributed by atoms with Gasteiger partial charge in [0.25, 0.3) is 0 Å². The maximum absolute atomic E-state index is 13.0. The van der Waals surface area contributed by atoms with Gasteiger partial charge in [0.05, 0.1) is 32.0 Å². The molecule has 1 rings (SSSR count). The Bertz CT molecular complexity index is 1320. The van der Waals surface area contributed by atoms with Crippen LogP contribution in [0.4, 0.5) is 0 Å². The van der Waals surface area contributed by atoms with E-state index in [0.29, 0.717) is 19.4 Å². The van der Waals surface area contributed by atoms with Crippen LogP contribution >= 0.6 is 0 Å². The summed E-state index contributed by atoms with van der Waals surface area (Å²) in [5.41, 5.74) is 0. The Morgan fingerprint density at radius 3 is 1.46 bits per heavy atom. The Balaban J connectivity index is 2.16. The predicted octanol–water partition coefficient (Wildman–Crippen LogP) is 13.3. The Labute approximate surface area is 434 Å². The normalized spacial score (nSPS) is 19.5. The second-order valence-corrected chi connectivity index (χ2v) is 20.3. The molecule has 0 aromatic heterocycles. The molecule has 71 heavy (non-hydrogen) atoms. The van der Waals surface area contributed by atoms with E-state index in [-0.39, 0.29) is 18.5 Å². The number of ether oxygens (including phenoxy) is 3. The average molecular weight is 1000 g/mol. The van der Waals surface area contributed by atoms with Crippen LogP contribution in [0, 0.1) is 0 Å². The highest BCUT2D eigenvalue weighted by Gasteiger charge is 2.44. The Morgan fingerprint density at radius 2 is 0.944 bits per heavy atom. The number of hydrogen-bond donors (Lipinski definition) is 6. The summed E-state index contributed by atoms with van der Waals surface area (Å²) in [6, 6.07) is -0.823. The minimum Gasteiger partial charge on any atom is -0.466 e. The first-order chi connectivity index (χ1) is 34.7. The van der Waals surface area contributed by atoms with E-state index in [0.717, 1.165) is 96.3 Å². The topological polar surface area (TPSA) is 175 Å². The van der Waals surface area contributed by atoms with Gasteiger partial charge in [-0.3, -0.25) is 9.59 Å². The lowest BCUT2D eigenvalue weighted by molar-refractivity contribution is -0.302. The van der Waals surface area contributed by atoms with Crippen LogP contribution in [0.25, 0.3) is 0 Å². The summed E-state index contributed by atoms with van der Waals surface area (Å²) in [5.74, 6) is -0.241. The standard InChI is InChI=1S/C60H109NO10/c1-3-5-7-9-11-13-15-17-23-26-30-34-38-42-46-53(63)52(51-70-60-59(68)58(67)57(66)54(50-62)71-60)61-55(64)47-43-39-35-31-27-24-21-19-18-20-22-25-29-33-37-41-45-49-69-56(65)48-44-40-36-32-28-16-14-12-10-8-6-4-2/h12,14,18,20,25,29,42,46,52-54,57-60,62-63,66-68H,3-11,13,15-17,19,21-24,26-28,30-41,43-45,47-51H2,1-2H3,(H,61,64)/b14-12-,20-18-,29-25-,46-42+. The van der Waals surface area contributed by atoms with Gasteiger partial charge in [0, 0.05) is 12.8 Å². The number of allylic oxidation sites excluding steroid dienone is 7. The minimum absolute atomic E-state index is 0.0429. The molecule has 0 aromatic carbocycles. The van der Waals surface area contributed by atoms with Crippen LogP contribution in [0.5, 0.6) is 0 Å². The molecule has 414 valence electrons. The van der Waals surface area contributed by atoms with Crippen LogP contribution in [-0.4, -0.2) is 100 Å². The highest BCUT2D eigenvalue weighted by atomic mass is 16.7. The highest BCUT2D eigenvalue weighted by Crippen LogP contribution is 2.23. The SMILES string of the molecule is CCCCC/C=C\CCCCCCCC(=O)OCCCCC/C=C\C/C=C\CCCCCCCCCC(=O)NC(COC1OC(CO)C(O)C(O)C1O)C(O)/C=C/CCCCCCCCCCCCCC. The molecule has 1 saturated heterocycles. The molecule has 1 aliphatic rings. The molecular weight excluding hydrogens is 895 g/mol. The van der Waals surface area contributed by atoms with Crippen LogP contribution in [-0.2, 0) is 23.8 Å². The van der Waals surface area contributed by atoms with E-state index >= 15 is 0 Å². The number of amides is 1. The molecule has 0 radical (unpaired) electrons. The van der Waals surface area contributed by atoms with Gasteiger partial charge >= 0.3 is 5.97 Å². The second-order valence-electron chi connectivity index (χ2n) is 20.3. The summed E-state index contributed by atoms with van der Waals surface area (Å²) in [6.07, 6.45) is 51.9. The highest BCUT2D eigenvalue weighted by molar-refractivity contribution is 5.76. The van der Waals surface area contributed by atoms with Crippen LogP contribution in [0.15, 0.2) is 48.6 Å². The first-order valence-electron chi connectivity index (χ1n) is 29.4. The Hall–Kier alpha value is -2.38. The van der Waals surface area contributed by atoms with Crippen molar-refractivity contribution in [3.8, 4) is 0 Å². The number of hydrogen-bond acceptors (Lipinski definition) is 10. The quantitative estimate of drug-likeness (QED) is 0.0195. The van der Waals surface area contributed by atoms with Crippen molar-refractivity contribution in [3.63, 3.8) is 0 Å². The van der Waals surface area contributed by atoms with Crippen LogP contribution in [0.1, 0.15) is 258 Å². The van der Waals surface area contributed by atoms with Crippen molar-refractivity contribution in [1.82, 2.24) is 5.32 Å². The number of unbranched alkanes of at least 4 members (excludes halogenated alkanes) is 30. The number of esters is 1. The number of nitrogens with one attached hydrogen (secondary N) is 1. The van der Waals surface area contributed by atoms with Crippen molar-refractivity contribution >= 4 is 11.9 Å². The van der Waals surface area contributed by atoms with Crippen molar-refractivity contribution in [2.24, 2.45) is 0 Å². The fourth-order valence-electron chi connectivity index (χ4n) is 8.93. The lowest BCUT2D eigenvalue weighted by Gasteiger charge is -2.40. The number of rotatable bonds is 50. The van der Waals surface area contributed by atoms with Crippen molar-refractivity contribution < 1.29 is 49.3 Å². The van der Waals surface area contributed by atoms with E-state index < -0.39 is 49.5 Å². The summed E-state index contributed by atoms with van der Waals surface area (Å²) >= 11 is 0. The molecule has 0 spiro atoms. The zero-order valence-electron chi connectivity index (χ0n) is 45.4. The third-order valence-corrected chi connectivity index (χ3v) is 13.7. The maximum Gasteiger partial charge on any atom is 0.305 e. The second kappa shape index (κ2) is 49.8. The molecule has 7 atom stereocenters. The fraction of sp³-hybridized carbons (Fsp3) is 0.833. The number of aliphatic hydroxyl groups is 5. The summed E-state index contributed by atoms with van der Waals surface area (Å²) in [6.45, 7) is 4.26. The van der Waals surface area contributed by atoms with Gasteiger partial charge in [-0.25, -0.2) is 0 Å². The molecule has 7 unspecified atom stereocenters. The van der Waals surface area contributed by atoms with Gasteiger partial charge in [0.15, 0.2) is 6.29 Å². The molecule has 0 saturated carbocycles. The predicted molar refractivity (Wildman–Crippen MR) is 292 cm³/mol. The van der Waals surface area contributed by atoms with Crippen molar-refractivity contribution in [2.45, 2.75) is 301 Å².